The van der Waals surface area contributed by atoms with Crippen LogP contribution in [0.4, 0.5) is 0 Å². The van der Waals surface area contributed by atoms with Crippen LogP contribution in [0.5, 0.6) is 5.75 Å². The molecule has 1 saturated heterocycles. The van der Waals surface area contributed by atoms with Crippen LogP contribution in [-0.2, 0) is 14.8 Å². The van der Waals surface area contributed by atoms with Crippen molar-refractivity contribution >= 4 is 10.0 Å². The molecule has 1 aliphatic heterocycles. The molecule has 2 rings (SSSR count). The van der Waals surface area contributed by atoms with E-state index in [0.29, 0.717) is 24.3 Å². The fourth-order valence-electron chi connectivity index (χ4n) is 2.51. The van der Waals surface area contributed by atoms with Crippen molar-refractivity contribution in [3.63, 3.8) is 0 Å². The third-order valence-corrected chi connectivity index (χ3v) is 6.19. The first-order chi connectivity index (χ1) is 9.87. The number of benzene rings is 1. The number of nitrogens with zero attached hydrogens (tertiary/aromatic N) is 1. The number of sulfonamides is 1. The normalized spacial score (nSPS) is 22.7. The van der Waals surface area contributed by atoms with Crippen molar-refractivity contribution in [2.75, 3.05) is 34.0 Å². The molecular weight excluding hydrogens is 294 g/mol. The molecule has 118 valence electrons. The van der Waals surface area contributed by atoms with E-state index in [2.05, 4.69) is 0 Å². The predicted octanol–water partition coefficient (Wildman–Crippen LogP) is 0.776. The summed E-state index contributed by atoms with van der Waals surface area (Å²) in [4.78, 5) is 0.213. The van der Waals surface area contributed by atoms with Crippen LogP contribution in [0.2, 0.25) is 0 Å². The van der Waals surface area contributed by atoms with E-state index in [-0.39, 0.29) is 18.1 Å². The van der Waals surface area contributed by atoms with Crippen LogP contribution in [0.15, 0.2) is 23.1 Å². The fourth-order valence-corrected chi connectivity index (χ4v) is 4.22. The Kier molecular flexibility index (Phi) is 4.57. The molecule has 1 atom stereocenters. The molecule has 21 heavy (non-hydrogen) atoms. The van der Waals surface area contributed by atoms with Gasteiger partial charge in [0.2, 0.25) is 10.0 Å². The van der Waals surface area contributed by atoms with E-state index in [9.17, 15) is 13.5 Å². The van der Waals surface area contributed by atoms with Crippen LogP contribution >= 0.6 is 0 Å². The van der Waals surface area contributed by atoms with Crippen LogP contribution in [0.25, 0.3) is 0 Å². The third-order valence-electron chi connectivity index (χ3n) is 4.07. The molecule has 1 N–H and O–H groups in total. The zero-order valence-electron chi connectivity index (χ0n) is 12.5. The molecule has 0 saturated carbocycles. The largest absolute Gasteiger partial charge is 0.497 e. The molecular formula is C14H21NO5S. The Morgan fingerprint density at radius 3 is 2.67 bits per heavy atom. The maximum absolute atomic E-state index is 12.8. The highest BCUT2D eigenvalue weighted by Gasteiger charge is 2.44. The Balaban J connectivity index is 2.42. The van der Waals surface area contributed by atoms with Gasteiger partial charge in [0.1, 0.15) is 5.75 Å². The Labute approximate surface area is 125 Å². The van der Waals surface area contributed by atoms with E-state index in [1.165, 1.54) is 24.5 Å². The Morgan fingerprint density at radius 1 is 1.48 bits per heavy atom. The van der Waals surface area contributed by atoms with E-state index >= 15 is 0 Å². The first-order valence-electron chi connectivity index (χ1n) is 6.70. The summed E-state index contributed by atoms with van der Waals surface area (Å²) in [5, 5.41) is 9.64. The van der Waals surface area contributed by atoms with Gasteiger partial charge in [-0.15, -0.1) is 0 Å². The van der Waals surface area contributed by atoms with Gasteiger partial charge in [0, 0.05) is 13.7 Å². The van der Waals surface area contributed by atoms with Gasteiger partial charge in [-0.1, -0.05) is 0 Å². The Morgan fingerprint density at radius 2 is 2.19 bits per heavy atom. The van der Waals surface area contributed by atoms with Gasteiger partial charge < -0.3 is 14.6 Å². The molecule has 0 unspecified atom stereocenters. The average Bonchev–Trinajstić information content (AvgIpc) is 2.95. The van der Waals surface area contributed by atoms with E-state index in [4.69, 9.17) is 9.47 Å². The van der Waals surface area contributed by atoms with Crippen LogP contribution in [-0.4, -0.2) is 57.3 Å². The molecule has 1 fully saturated rings. The summed E-state index contributed by atoms with van der Waals surface area (Å²) in [5.41, 5.74) is -0.279. The molecule has 1 aromatic rings. The van der Waals surface area contributed by atoms with Crippen LogP contribution in [0, 0.1) is 6.92 Å². The number of aryl methyl sites for hydroxylation is 1. The van der Waals surface area contributed by atoms with Crippen molar-refractivity contribution in [1.29, 1.82) is 0 Å². The minimum Gasteiger partial charge on any atom is -0.497 e. The summed E-state index contributed by atoms with van der Waals surface area (Å²) >= 11 is 0. The van der Waals surface area contributed by atoms with Crippen molar-refractivity contribution in [2.45, 2.75) is 23.8 Å². The summed E-state index contributed by atoms with van der Waals surface area (Å²) in [6, 6.07) is 4.82. The van der Waals surface area contributed by atoms with Gasteiger partial charge in [-0.2, -0.15) is 4.31 Å². The van der Waals surface area contributed by atoms with Gasteiger partial charge in [0.15, 0.2) is 0 Å². The molecule has 0 bridgehead atoms. The van der Waals surface area contributed by atoms with Crippen LogP contribution < -0.4 is 4.74 Å². The maximum Gasteiger partial charge on any atom is 0.243 e. The monoisotopic (exact) mass is 315 g/mol. The highest BCUT2D eigenvalue weighted by atomic mass is 32.2. The number of methoxy groups -OCH3 is 1. The Hall–Kier alpha value is -1.15. The number of aliphatic hydroxyl groups excluding tert-OH is 1. The summed E-state index contributed by atoms with van der Waals surface area (Å²) in [6.07, 6.45) is 0.481. The minimum atomic E-state index is -3.71. The van der Waals surface area contributed by atoms with Crippen molar-refractivity contribution in [3.8, 4) is 5.75 Å². The first kappa shape index (κ1) is 16.2. The van der Waals surface area contributed by atoms with Crippen molar-refractivity contribution in [3.05, 3.63) is 23.8 Å². The number of hydrogen-bond acceptors (Lipinski definition) is 5. The molecule has 0 aliphatic carbocycles. The second-order valence-electron chi connectivity index (χ2n) is 5.29. The third kappa shape index (κ3) is 2.78. The summed E-state index contributed by atoms with van der Waals surface area (Å²) in [7, 11) is -0.687. The van der Waals surface area contributed by atoms with Crippen LogP contribution in [0.1, 0.15) is 12.0 Å². The van der Waals surface area contributed by atoms with E-state index in [1.807, 2.05) is 0 Å². The quantitative estimate of drug-likeness (QED) is 0.869. The highest BCUT2D eigenvalue weighted by Crippen LogP contribution is 2.32. The van der Waals surface area contributed by atoms with Crippen LogP contribution in [0.3, 0.4) is 0 Å². The van der Waals surface area contributed by atoms with E-state index < -0.39 is 15.6 Å². The van der Waals surface area contributed by atoms with E-state index in [1.54, 1.807) is 19.1 Å². The lowest BCUT2D eigenvalue weighted by Crippen LogP contribution is -2.52. The van der Waals surface area contributed by atoms with Crippen molar-refractivity contribution in [1.82, 2.24) is 4.31 Å². The van der Waals surface area contributed by atoms with Gasteiger partial charge in [-0.3, -0.25) is 0 Å². The molecule has 0 radical (unpaired) electrons. The summed E-state index contributed by atoms with van der Waals surface area (Å²) in [6.45, 7) is 2.11. The minimum absolute atomic E-state index is 0.203. The second-order valence-corrected chi connectivity index (χ2v) is 7.23. The molecule has 0 amide bonds. The molecule has 0 spiro atoms. The molecule has 7 heteroatoms. The second kappa shape index (κ2) is 5.92. The molecule has 1 heterocycles. The van der Waals surface area contributed by atoms with Gasteiger partial charge in [-0.25, -0.2) is 8.42 Å². The smallest absolute Gasteiger partial charge is 0.243 e. The van der Waals surface area contributed by atoms with Crippen molar-refractivity contribution < 1.29 is 23.0 Å². The lowest BCUT2D eigenvalue weighted by atomic mass is 10.0. The Bertz CT molecular complexity index is 608. The van der Waals surface area contributed by atoms with Gasteiger partial charge in [-0.05, 0) is 37.1 Å². The van der Waals surface area contributed by atoms with Gasteiger partial charge in [0.05, 0.1) is 30.8 Å². The van der Waals surface area contributed by atoms with Gasteiger partial charge in [0.25, 0.3) is 0 Å². The number of likely N-dealkylation sites (N-methyl/N-ethyl adjacent to an activating group) is 1. The molecule has 1 aromatic carbocycles. The number of ether oxygens (including phenoxy) is 2. The molecule has 6 nitrogen and oxygen atoms in total. The first-order valence-corrected chi connectivity index (χ1v) is 8.14. The SMILES string of the molecule is COc1ccc(S(=O)(=O)N(C)[C@@]2(CO)CCOC2)c(C)c1. The highest BCUT2D eigenvalue weighted by molar-refractivity contribution is 7.89. The number of rotatable bonds is 5. The van der Waals surface area contributed by atoms with Crippen molar-refractivity contribution in [2.24, 2.45) is 0 Å². The predicted molar refractivity (Wildman–Crippen MR) is 77.9 cm³/mol. The lowest BCUT2D eigenvalue weighted by Gasteiger charge is -2.35. The molecule has 0 aromatic heterocycles. The number of aliphatic hydroxyl groups is 1. The summed E-state index contributed by atoms with van der Waals surface area (Å²) in [5.74, 6) is 0.607. The average molecular weight is 315 g/mol. The standard InChI is InChI=1S/C14H21NO5S/c1-11-8-12(19-3)4-5-13(11)21(17,18)15(2)14(9-16)6-7-20-10-14/h4-5,8,16H,6-7,9-10H2,1-3H3/t14-/m1/s1. The fraction of sp³-hybridized carbons (Fsp3) is 0.571. The van der Waals surface area contributed by atoms with Gasteiger partial charge >= 0.3 is 0 Å². The number of hydrogen-bond donors (Lipinski definition) is 1. The lowest BCUT2D eigenvalue weighted by molar-refractivity contribution is 0.0823. The maximum atomic E-state index is 12.8. The topological polar surface area (TPSA) is 76.1 Å². The molecule has 1 aliphatic rings. The summed E-state index contributed by atoms with van der Waals surface area (Å²) < 4.78 is 37.3. The zero-order chi connectivity index (χ0) is 15.7. The van der Waals surface area contributed by atoms with E-state index in [0.717, 1.165) is 0 Å². The zero-order valence-corrected chi connectivity index (χ0v) is 13.3.